The number of amides is 1. The molecule has 7 heteroatoms. The molecule has 2 rings (SSSR count). The summed E-state index contributed by atoms with van der Waals surface area (Å²) in [5.74, 6) is -0.423. The summed E-state index contributed by atoms with van der Waals surface area (Å²) in [6.45, 7) is 3.77. The average Bonchev–Trinajstić information content (AvgIpc) is 2.71. The topological polar surface area (TPSA) is 65.1 Å². The Kier molecular flexibility index (Phi) is 7.37. The first kappa shape index (κ1) is 21.2. The van der Waals surface area contributed by atoms with Gasteiger partial charge in [0.05, 0.1) is 19.8 Å². The third kappa shape index (κ3) is 5.22. The first-order chi connectivity index (χ1) is 13.4. The maximum Gasteiger partial charge on any atom is 0.338 e. The summed E-state index contributed by atoms with van der Waals surface area (Å²) in [5, 5.41) is 0. The number of halogens is 1. The number of carbonyl (C=O) groups excluding carboxylic acids is 2. The summed E-state index contributed by atoms with van der Waals surface area (Å²) in [7, 11) is 3.09. The Morgan fingerprint density at radius 3 is 2.36 bits per heavy atom. The van der Waals surface area contributed by atoms with Gasteiger partial charge >= 0.3 is 5.97 Å². The minimum Gasteiger partial charge on any atom is -0.493 e. The number of aryl methyl sites for hydroxylation is 1. The van der Waals surface area contributed by atoms with Gasteiger partial charge in [-0.3, -0.25) is 4.79 Å². The lowest BCUT2D eigenvalue weighted by Crippen LogP contribution is -2.34. The molecular weight excluding hydrogens is 365 g/mol. The molecule has 0 aliphatic carbocycles. The van der Waals surface area contributed by atoms with Gasteiger partial charge in [-0.2, -0.15) is 0 Å². The van der Waals surface area contributed by atoms with Gasteiger partial charge in [-0.15, -0.1) is 0 Å². The fourth-order valence-electron chi connectivity index (χ4n) is 2.60. The summed E-state index contributed by atoms with van der Waals surface area (Å²) in [5.41, 5.74) is 1.35. The molecule has 0 radical (unpaired) electrons. The van der Waals surface area contributed by atoms with E-state index in [2.05, 4.69) is 0 Å². The van der Waals surface area contributed by atoms with Crippen molar-refractivity contribution in [3.63, 3.8) is 0 Å². The van der Waals surface area contributed by atoms with E-state index in [1.165, 1.54) is 19.2 Å². The molecule has 0 heterocycles. The number of hydrogen-bond donors (Lipinski definition) is 0. The van der Waals surface area contributed by atoms with Crippen LogP contribution in [0, 0.1) is 12.7 Å². The fourth-order valence-corrected chi connectivity index (χ4v) is 2.60. The second-order valence-corrected chi connectivity index (χ2v) is 6.14. The standard InChI is InChI=1S/C21H24FNO5/c1-5-23(12-15-7-9-18(26-3)19(10-15)27-4)20(24)13-28-21(25)16-8-6-14(2)17(22)11-16/h6-11H,5,12-13H2,1-4H3. The van der Waals surface area contributed by atoms with Crippen LogP contribution in [0.1, 0.15) is 28.4 Å². The van der Waals surface area contributed by atoms with Gasteiger partial charge in [0, 0.05) is 13.1 Å². The molecule has 0 bridgehead atoms. The predicted molar refractivity (Wildman–Crippen MR) is 102 cm³/mol. The van der Waals surface area contributed by atoms with Gasteiger partial charge in [0.25, 0.3) is 5.91 Å². The van der Waals surface area contributed by atoms with Crippen LogP contribution in [-0.2, 0) is 16.1 Å². The Morgan fingerprint density at radius 1 is 1.04 bits per heavy atom. The largest absolute Gasteiger partial charge is 0.493 e. The number of nitrogens with zero attached hydrogens (tertiary/aromatic N) is 1. The van der Waals surface area contributed by atoms with E-state index in [1.54, 1.807) is 31.1 Å². The molecule has 150 valence electrons. The highest BCUT2D eigenvalue weighted by atomic mass is 19.1. The summed E-state index contributed by atoms with van der Waals surface area (Å²) in [6.07, 6.45) is 0. The SMILES string of the molecule is CCN(Cc1ccc(OC)c(OC)c1)C(=O)COC(=O)c1ccc(C)c(F)c1. The smallest absolute Gasteiger partial charge is 0.338 e. The van der Waals surface area contributed by atoms with Crippen LogP contribution in [0.15, 0.2) is 36.4 Å². The molecule has 0 spiro atoms. The Hall–Kier alpha value is -3.09. The molecule has 0 saturated carbocycles. The number of esters is 1. The van der Waals surface area contributed by atoms with E-state index < -0.39 is 18.4 Å². The van der Waals surface area contributed by atoms with Crippen molar-refractivity contribution in [1.29, 1.82) is 0 Å². The van der Waals surface area contributed by atoms with Crippen LogP contribution in [0.2, 0.25) is 0 Å². The summed E-state index contributed by atoms with van der Waals surface area (Å²) in [4.78, 5) is 26.0. The molecule has 0 aromatic heterocycles. The highest BCUT2D eigenvalue weighted by molar-refractivity contribution is 5.91. The predicted octanol–water partition coefficient (Wildman–Crippen LogP) is 3.36. The molecule has 1 amide bonds. The van der Waals surface area contributed by atoms with Gasteiger partial charge in [0.15, 0.2) is 18.1 Å². The molecule has 6 nitrogen and oxygen atoms in total. The third-order valence-corrected chi connectivity index (χ3v) is 4.29. The normalized spacial score (nSPS) is 10.3. The van der Waals surface area contributed by atoms with Gasteiger partial charge in [-0.25, -0.2) is 9.18 Å². The zero-order valence-electron chi connectivity index (χ0n) is 16.5. The number of carbonyl (C=O) groups is 2. The number of benzene rings is 2. The van der Waals surface area contributed by atoms with Crippen LogP contribution in [0.3, 0.4) is 0 Å². The van der Waals surface area contributed by atoms with Crippen LogP contribution in [0.25, 0.3) is 0 Å². The van der Waals surface area contributed by atoms with Crippen molar-refractivity contribution in [3.05, 3.63) is 58.9 Å². The van der Waals surface area contributed by atoms with Crippen LogP contribution >= 0.6 is 0 Å². The highest BCUT2D eigenvalue weighted by Gasteiger charge is 2.17. The number of rotatable bonds is 8. The van der Waals surface area contributed by atoms with Crippen molar-refractivity contribution in [2.24, 2.45) is 0 Å². The van der Waals surface area contributed by atoms with Crippen molar-refractivity contribution in [3.8, 4) is 11.5 Å². The van der Waals surface area contributed by atoms with Gasteiger partial charge in [0.1, 0.15) is 5.82 Å². The Morgan fingerprint density at radius 2 is 1.75 bits per heavy atom. The second kappa shape index (κ2) is 9.73. The van der Waals surface area contributed by atoms with Gasteiger partial charge < -0.3 is 19.1 Å². The van der Waals surface area contributed by atoms with Crippen LogP contribution < -0.4 is 9.47 Å². The summed E-state index contributed by atoms with van der Waals surface area (Å²) in [6, 6.07) is 9.44. The van der Waals surface area contributed by atoms with Crippen molar-refractivity contribution in [2.75, 3.05) is 27.4 Å². The average molecular weight is 389 g/mol. The molecule has 28 heavy (non-hydrogen) atoms. The molecule has 0 saturated heterocycles. The Balaban J connectivity index is 1.99. The highest BCUT2D eigenvalue weighted by Crippen LogP contribution is 2.28. The lowest BCUT2D eigenvalue weighted by Gasteiger charge is -2.21. The van der Waals surface area contributed by atoms with Gasteiger partial charge in [-0.05, 0) is 49.2 Å². The van der Waals surface area contributed by atoms with Crippen LogP contribution in [0.4, 0.5) is 4.39 Å². The molecule has 0 fully saturated rings. The molecule has 0 N–H and O–H groups in total. The Bertz CT molecular complexity index is 853. The van der Waals surface area contributed by atoms with Gasteiger partial charge in [-0.1, -0.05) is 12.1 Å². The molecule has 0 atom stereocenters. The van der Waals surface area contributed by atoms with E-state index in [1.807, 2.05) is 13.0 Å². The Labute approximate surface area is 163 Å². The first-order valence-electron chi connectivity index (χ1n) is 8.81. The minimum absolute atomic E-state index is 0.0684. The van der Waals surface area contributed by atoms with Crippen molar-refractivity contribution in [2.45, 2.75) is 20.4 Å². The molecule has 2 aromatic rings. The van der Waals surface area contributed by atoms with Crippen LogP contribution in [0.5, 0.6) is 11.5 Å². The lowest BCUT2D eigenvalue weighted by molar-refractivity contribution is -0.134. The quantitative estimate of drug-likeness (QED) is 0.648. The third-order valence-electron chi connectivity index (χ3n) is 4.29. The molecule has 0 aliphatic rings. The van der Waals surface area contributed by atoms with Gasteiger partial charge in [0.2, 0.25) is 0 Å². The second-order valence-electron chi connectivity index (χ2n) is 6.14. The van der Waals surface area contributed by atoms with E-state index in [0.29, 0.717) is 30.2 Å². The van der Waals surface area contributed by atoms with E-state index >= 15 is 0 Å². The minimum atomic E-state index is -0.741. The molecule has 2 aromatic carbocycles. The lowest BCUT2D eigenvalue weighted by atomic mass is 10.1. The zero-order chi connectivity index (χ0) is 20.7. The van der Waals surface area contributed by atoms with E-state index in [-0.39, 0.29) is 11.5 Å². The van der Waals surface area contributed by atoms with Crippen LogP contribution in [-0.4, -0.2) is 44.1 Å². The molecular formula is C21H24FNO5. The molecule has 0 unspecified atom stereocenters. The van der Waals surface area contributed by atoms with Crippen molar-refractivity contribution >= 4 is 11.9 Å². The van der Waals surface area contributed by atoms with E-state index in [0.717, 1.165) is 11.6 Å². The van der Waals surface area contributed by atoms with Crippen molar-refractivity contribution in [1.82, 2.24) is 4.90 Å². The first-order valence-corrected chi connectivity index (χ1v) is 8.81. The maximum atomic E-state index is 13.6. The number of ether oxygens (including phenoxy) is 3. The number of hydrogen-bond acceptors (Lipinski definition) is 5. The summed E-state index contributed by atoms with van der Waals surface area (Å²) >= 11 is 0. The zero-order valence-corrected chi connectivity index (χ0v) is 16.5. The van der Waals surface area contributed by atoms with E-state index in [9.17, 15) is 14.0 Å². The van der Waals surface area contributed by atoms with E-state index in [4.69, 9.17) is 14.2 Å². The number of likely N-dealkylation sites (N-methyl/N-ethyl adjacent to an activating group) is 1. The van der Waals surface area contributed by atoms with Crippen molar-refractivity contribution < 1.29 is 28.2 Å². The summed E-state index contributed by atoms with van der Waals surface area (Å²) < 4.78 is 29.1. The maximum absolute atomic E-state index is 13.6. The monoisotopic (exact) mass is 389 g/mol. The fraction of sp³-hybridized carbons (Fsp3) is 0.333. The molecule has 0 aliphatic heterocycles. The number of methoxy groups -OCH3 is 2.